The number of fused-ring (bicyclic) bond motifs is 1. The Morgan fingerprint density at radius 1 is 1.09 bits per heavy atom. The molecule has 2 aromatic carbocycles. The molecule has 120 valence electrons. The fraction of sp³-hybridized carbons (Fsp3) is 0.294. The molecular formula is C17H18N2O4. The molecule has 0 atom stereocenters. The van der Waals surface area contributed by atoms with Crippen molar-refractivity contribution < 1.29 is 18.9 Å². The van der Waals surface area contributed by atoms with Crippen LogP contribution in [0.15, 0.2) is 46.6 Å². The third kappa shape index (κ3) is 3.60. The first-order valence-electron chi connectivity index (χ1n) is 7.27. The van der Waals surface area contributed by atoms with Gasteiger partial charge in [-0.1, -0.05) is 0 Å². The van der Waals surface area contributed by atoms with Crippen LogP contribution in [0.3, 0.4) is 0 Å². The number of hydrogen-bond acceptors (Lipinski definition) is 6. The van der Waals surface area contributed by atoms with E-state index in [0.717, 1.165) is 29.2 Å². The number of methoxy groups -OCH3 is 2. The van der Waals surface area contributed by atoms with Crippen LogP contribution in [0, 0.1) is 0 Å². The quantitative estimate of drug-likeness (QED) is 0.596. The Balaban J connectivity index is 1.86. The fourth-order valence-electron chi connectivity index (χ4n) is 2.27. The summed E-state index contributed by atoms with van der Waals surface area (Å²) in [5.41, 5.74) is 2.45. The highest BCUT2D eigenvalue weighted by Crippen LogP contribution is 2.38. The summed E-state index contributed by atoms with van der Waals surface area (Å²) < 4.78 is 21.3. The highest BCUT2D eigenvalue weighted by Gasteiger charge is 2.17. The lowest BCUT2D eigenvalue weighted by Crippen LogP contribution is -1.99. The highest BCUT2D eigenvalue weighted by molar-refractivity contribution is 5.59. The van der Waals surface area contributed by atoms with Gasteiger partial charge in [-0.2, -0.15) is 5.11 Å². The summed E-state index contributed by atoms with van der Waals surface area (Å²) in [6, 6.07) is 11.1. The molecule has 0 bridgehead atoms. The van der Waals surface area contributed by atoms with Crippen molar-refractivity contribution in [2.75, 3.05) is 27.6 Å². The minimum atomic E-state index is 0.157. The normalized spacial score (nSPS) is 13.0. The van der Waals surface area contributed by atoms with Crippen molar-refractivity contribution in [3.05, 3.63) is 42.0 Å². The van der Waals surface area contributed by atoms with Gasteiger partial charge in [0, 0.05) is 25.2 Å². The van der Waals surface area contributed by atoms with Gasteiger partial charge in [-0.15, -0.1) is 5.11 Å². The topological polar surface area (TPSA) is 61.6 Å². The maximum absolute atomic E-state index is 5.58. The van der Waals surface area contributed by atoms with Crippen molar-refractivity contribution in [2.24, 2.45) is 10.2 Å². The van der Waals surface area contributed by atoms with Crippen LogP contribution >= 0.6 is 0 Å². The Labute approximate surface area is 134 Å². The average molecular weight is 314 g/mol. The molecule has 1 aliphatic heterocycles. The van der Waals surface area contributed by atoms with Gasteiger partial charge in [-0.3, -0.25) is 0 Å². The summed E-state index contributed by atoms with van der Waals surface area (Å²) >= 11 is 0. The Morgan fingerprint density at radius 2 is 1.91 bits per heavy atom. The lowest BCUT2D eigenvalue weighted by atomic mass is 10.1. The van der Waals surface area contributed by atoms with E-state index in [1.165, 1.54) is 0 Å². The van der Waals surface area contributed by atoms with Crippen LogP contribution in [0.1, 0.15) is 5.56 Å². The average Bonchev–Trinajstić information content (AvgIpc) is 3.05. The summed E-state index contributed by atoms with van der Waals surface area (Å²) in [5.74, 6) is 2.24. The molecule has 1 heterocycles. The molecule has 6 nitrogen and oxygen atoms in total. The van der Waals surface area contributed by atoms with Gasteiger partial charge >= 0.3 is 0 Å². The first-order valence-corrected chi connectivity index (χ1v) is 7.27. The van der Waals surface area contributed by atoms with Crippen molar-refractivity contribution in [1.29, 1.82) is 0 Å². The van der Waals surface area contributed by atoms with Gasteiger partial charge in [-0.05, 0) is 30.3 Å². The molecule has 0 spiro atoms. The third-order valence-corrected chi connectivity index (χ3v) is 3.45. The van der Waals surface area contributed by atoms with E-state index < -0.39 is 0 Å². The lowest BCUT2D eigenvalue weighted by molar-refractivity contribution is 0.0514. The number of benzene rings is 2. The smallest absolute Gasteiger partial charge is 0.188 e. The van der Waals surface area contributed by atoms with E-state index in [1.54, 1.807) is 14.2 Å². The maximum Gasteiger partial charge on any atom is 0.188 e. The van der Waals surface area contributed by atoms with E-state index in [4.69, 9.17) is 18.9 Å². The molecule has 0 aromatic heterocycles. The molecule has 3 rings (SSSR count). The maximum atomic E-state index is 5.58. The predicted octanol–water partition coefficient (Wildman–Crippen LogP) is 4.03. The molecular weight excluding hydrogens is 296 g/mol. The number of nitrogens with zero attached hydrogens (tertiary/aromatic N) is 2. The van der Waals surface area contributed by atoms with Crippen LogP contribution in [-0.4, -0.2) is 27.6 Å². The minimum absolute atomic E-state index is 0.157. The van der Waals surface area contributed by atoms with Gasteiger partial charge in [0.05, 0.1) is 19.4 Å². The molecule has 2 aromatic rings. The van der Waals surface area contributed by atoms with Gasteiger partial charge in [0.25, 0.3) is 0 Å². The van der Waals surface area contributed by atoms with Crippen LogP contribution in [0.5, 0.6) is 17.2 Å². The second-order valence-electron chi connectivity index (χ2n) is 4.98. The Kier molecular flexibility index (Phi) is 4.73. The molecule has 0 saturated heterocycles. The van der Waals surface area contributed by atoms with E-state index >= 15 is 0 Å². The number of azo groups is 1. The summed E-state index contributed by atoms with van der Waals surface area (Å²) in [5, 5.41) is 8.53. The molecule has 0 fully saturated rings. The van der Waals surface area contributed by atoms with Crippen LogP contribution < -0.4 is 14.2 Å². The number of hydrogen-bond donors (Lipinski definition) is 0. The van der Waals surface area contributed by atoms with Crippen molar-refractivity contribution >= 4 is 11.4 Å². The Hall–Kier alpha value is -2.60. The molecule has 0 amide bonds. The Bertz CT molecular complexity index is 698. The minimum Gasteiger partial charge on any atom is -0.497 e. The molecule has 0 saturated carbocycles. The summed E-state index contributed by atoms with van der Waals surface area (Å²) in [7, 11) is 3.20. The number of rotatable bonds is 6. The highest BCUT2D eigenvalue weighted by atomic mass is 16.7. The Morgan fingerprint density at radius 3 is 2.65 bits per heavy atom. The molecule has 0 N–H and O–H groups in total. The van der Waals surface area contributed by atoms with Crippen LogP contribution in [0.4, 0.5) is 11.4 Å². The monoisotopic (exact) mass is 314 g/mol. The van der Waals surface area contributed by atoms with Crippen molar-refractivity contribution in [3.8, 4) is 17.2 Å². The van der Waals surface area contributed by atoms with E-state index in [9.17, 15) is 0 Å². The summed E-state index contributed by atoms with van der Waals surface area (Å²) in [6.07, 6.45) is 0.870. The molecule has 0 aliphatic carbocycles. The first-order chi connectivity index (χ1) is 11.3. The van der Waals surface area contributed by atoms with E-state index in [-0.39, 0.29) is 6.79 Å². The van der Waals surface area contributed by atoms with Crippen molar-refractivity contribution in [3.63, 3.8) is 0 Å². The van der Waals surface area contributed by atoms with Gasteiger partial charge in [0.2, 0.25) is 0 Å². The van der Waals surface area contributed by atoms with Crippen LogP contribution in [0.2, 0.25) is 0 Å². The summed E-state index contributed by atoms with van der Waals surface area (Å²) in [4.78, 5) is 0. The van der Waals surface area contributed by atoms with E-state index in [0.29, 0.717) is 18.0 Å². The van der Waals surface area contributed by atoms with E-state index in [2.05, 4.69) is 10.2 Å². The zero-order valence-electron chi connectivity index (χ0n) is 13.1. The molecule has 1 aliphatic rings. The second-order valence-corrected chi connectivity index (χ2v) is 4.98. The van der Waals surface area contributed by atoms with E-state index in [1.807, 2.05) is 36.4 Å². The third-order valence-electron chi connectivity index (χ3n) is 3.45. The zero-order valence-corrected chi connectivity index (χ0v) is 13.1. The van der Waals surface area contributed by atoms with Crippen LogP contribution in [-0.2, 0) is 11.2 Å². The standard InChI is InChI=1S/C17H18N2O4/c1-20-11-23-17-9-12-7-8-22-16(12)10-15(17)19-18-13-3-5-14(21-2)6-4-13/h3-6,9-10H,7-8,11H2,1-2H3. The van der Waals surface area contributed by atoms with Crippen LogP contribution in [0.25, 0.3) is 0 Å². The second kappa shape index (κ2) is 7.11. The SMILES string of the molecule is COCOc1cc2c(cc1N=Nc1ccc(OC)cc1)OCC2. The van der Waals surface area contributed by atoms with Gasteiger partial charge < -0.3 is 18.9 Å². The van der Waals surface area contributed by atoms with Gasteiger partial charge in [0.15, 0.2) is 12.5 Å². The fourth-order valence-corrected chi connectivity index (χ4v) is 2.27. The molecule has 0 unspecified atom stereocenters. The lowest BCUT2D eigenvalue weighted by Gasteiger charge is -2.09. The predicted molar refractivity (Wildman–Crippen MR) is 85.3 cm³/mol. The largest absolute Gasteiger partial charge is 0.497 e. The molecule has 6 heteroatoms. The van der Waals surface area contributed by atoms with Gasteiger partial charge in [0.1, 0.15) is 17.2 Å². The summed E-state index contributed by atoms with van der Waals surface area (Å²) in [6.45, 7) is 0.836. The van der Waals surface area contributed by atoms with Gasteiger partial charge in [-0.25, -0.2) is 0 Å². The molecule has 0 radical (unpaired) electrons. The van der Waals surface area contributed by atoms with Crippen molar-refractivity contribution in [2.45, 2.75) is 6.42 Å². The number of ether oxygens (including phenoxy) is 4. The van der Waals surface area contributed by atoms with Crippen molar-refractivity contribution in [1.82, 2.24) is 0 Å². The zero-order chi connectivity index (χ0) is 16.1. The first kappa shape index (κ1) is 15.3. The molecule has 23 heavy (non-hydrogen) atoms.